The molecule has 0 unspecified atom stereocenters. The summed E-state index contributed by atoms with van der Waals surface area (Å²) < 4.78 is 40.6. The van der Waals surface area contributed by atoms with Crippen LogP contribution in [0.5, 0.6) is 0 Å². The summed E-state index contributed by atoms with van der Waals surface area (Å²) in [4.78, 5) is 24.6. The van der Waals surface area contributed by atoms with Crippen LogP contribution < -0.4 is 9.44 Å². The van der Waals surface area contributed by atoms with E-state index in [1.165, 1.54) is 6.08 Å². The monoisotopic (exact) mass is 550 g/mol. The summed E-state index contributed by atoms with van der Waals surface area (Å²) in [6.07, 6.45) is 2.19. The molecule has 1 amide bonds. The summed E-state index contributed by atoms with van der Waals surface area (Å²) in [5.41, 5.74) is 0.804. The fourth-order valence-corrected chi connectivity index (χ4v) is 4.79. The summed E-state index contributed by atoms with van der Waals surface area (Å²) in [5, 5.41) is 0. The van der Waals surface area contributed by atoms with Crippen molar-refractivity contribution < 1.29 is 27.5 Å². The van der Waals surface area contributed by atoms with Gasteiger partial charge in [-0.25, -0.2) is 14.3 Å². The van der Waals surface area contributed by atoms with Crippen molar-refractivity contribution in [1.82, 2.24) is 9.44 Å². The van der Waals surface area contributed by atoms with Gasteiger partial charge < -0.3 is 9.47 Å². The van der Waals surface area contributed by atoms with E-state index in [1.54, 1.807) is 51.1 Å². The largest absolute Gasteiger partial charge is 0.457 e. The highest BCUT2D eigenvalue weighted by Crippen LogP contribution is 2.36. The second-order valence-corrected chi connectivity index (χ2v) is 11.4. The molecule has 0 aliphatic carbocycles. The van der Waals surface area contributed by atoms with E-state index in [1.807, 2.05) is 71.5 Å². The van der Waals surface area contributed by atoms with Crippen molar-refractivity contribution in [1.29, 1.82) is 0 Å². The molecule has 39 heavy (non-hydrogen) atoms. The lowest BCUT2D eigenvalue weighted by atomic mass is 9.72. The molecule has 0 radical (unpaired) electrons. The van der Waals surface area contributed by atoms with Gasteiger partial charge in [0.1, 0.15) is 12.2 Å². The molecule has 0 saturated carbocycles. The van der Waals surface area contributed by atoms with Crippen molar-refractivity contribution in [2.75, 3.05) is 6.54 Å². The molecule has 0 bridgehead atoms. The number of ether oxygens (including phenoxy) is 2. The van der Waals surface area contributed by atoms with Gasteiger partial charge in [-0.2, -0.15) is 13.1 Å². The number of nitrogens with one attached hydrogen (secondary N) is 2. The molecular weight excluding hydrogens is 516 g/mol. The quantitative estimate of drug-likeness (QED) is 0.256. The van der Waals surface area contributed by atoms with Crippen molar-refractivity contribution in [2.24, 2.45) is 0 Å². The second kappa shape index (κ2) is 13.2. The molecule has 0 aliphatic heterocycles. The van der Waals surface area contributed by atoms with Gasteiger partial charge in [0.15, 0.2) is 0 Å². The lowest BCUT2D eigenvalue weighted by Crippen LogP contribution is -2.47. The van der Waals surface area contributed by atoms with Crippen molar-refractivity contribution in [2.45, 2.75) is 44.8 Å². The highest BCUT2D eigenvalue weighted by Gasteiger charge is 2.35. The number of allylic oxidation sites excluding steroid dienone is 1. The zero-order valence-corrected chi connectivity index (χ0v) is 23.1. The zero-order chi connectivity index (χ0) is 28.4. The third-order valence-electron chi connectivity index (χ3n) is 5.77. The fraction of sp³-hybridized carbons (Fsp3) is 0.267. The van der Waals surface area contributed by atoms with Gasteiger partial charge in [-0.05, 0) is 43.9 Å². The van der Waals surface area contributed by atoms with Gasteiger partial charge in [-0.1, -0.05) is 97.1 Å². The molecule has 8 nitrogen and oxygen atoms in total. The van der Waals surface area contributed by atoms with Gasteiger partial charge in [0, 0.05) is 18.0 Å². The summed E-state index contributed by atoms with van der Waals surface area (Å²) in [7, 11) is -4.29. The SMILES string of the molecule is CC(C)(C)OC(=O)/C=C/CC(CNS(=O)(=O)NC(=O)OCc1ccccc1)(c1ccccc1)c1ccccc1. The molecule has 0 aliphatic rings. The molecule has 0 saturated heterocycles. The minimum Gasteiger partial charge on any atom is -0.457 e. The van der Waals surface area contributed by atoms with Crippen LogP contribution in [0.1, 0.15) is 43.9 Å². The average Bonchev–Trinajstić information content (AvgIpc) is 2.90. The van der Waals surface area contributed by atoms with E-state index in [0.29, 0.717) is 0 Å². The zero-order valence-electron chi connectivity index (χ0n) is 22.3. The number of carbonyl (C=O) groups is 2. The summed E-state index contributed by atoms with van der Waals surface area (Å²) >= 11 is 0. The van der Waals surface area contributed by atoms with Gasteiger partial charge in [0.2, 0.25) is 0 Å². The maximum atomic E-state index is 12.9. The molecule has 0 atom stereocenters. The van der Waals surface area contributed by atoms with Crippen LogP contribution in [0.2, 0.25) is 0 Å². The Morgan fingerprint density at radius 3 is 1.85 bits per heavy atom. The lowest BCUT2D eigenvalue weighted by molar-refractivity contribution is -0.148. The molecule has 9 heteroatoms. The maximum absolute atomic E-state index is 12.9. The standard InChI is InChI=1S/C30H34N2O6S/c1-29(2,3)38-27(33)20-13-21-30(25-16-9-5-10-17-25,26-18-11-6-12-19-26)23-31-39(35,36)32-28(34)37-22-24-14-7-4-8-15-24/h4-20,31H,21-23H2,1-3H3,(H,32,34)/b20-13+. The highest BCUT2D eigenvalue weighted by atomic mass is 32.2. The van der Waals surface area contributed by atoms with E-state index in [-0.39, 0.29) is 19.6 Å². The van der Waals surface area contributed by atoms with Crippen LogP contribution in [0.4, 0.5) is 4.79 Å². The molecule has 206 valence electrons. The van der Waals surface area contributed by atoms with Gasteiger partial charge >= 0.3 is 22.3 Å². The smallest absolute Gasteiger partial charge is 0.422 e. The van der Waals surface area contributed by atoms with Crippen molar-refractivity contribution >= 4 is 22.3 Å². The van der Waals surface area contributed by atoms with E-state index in [4.69, 9.17) is 9.47 Å². The van der Waals surface area contributed by atoms with E-state index in [2.05, 4.69) is 4.72 Å². The molecular formula is C30H34N2O6S. The van der Waals surface area contributed by atoms with E-state index in [0.717, 1.165) is 16.7 Å². The van der Waals surface area contributed by atoms with E-state index in [9.17, 15) is 18.0 Å². The summed E-state index contributed by atoms with van der Waals surface area (Å²) in [6.45, 7) is 5.16. The molecule has 0 heterocycles. The van der Waals surface area contributed by atoms with E-state index < -0.39 is 33.3 Å². The molecule has 3 aromatic carbocycles. The molecule has 0 aromatic heterocycles. The Labute approximate surface area is 230 Å². The number of carbonyl (C=O) groups excluding carboxylic acids is 2. The van der Waals surface area contributed by atoms with E-state index >= 15 is 0 Å². The first-order chi connectivity index (χ1) is 18.5. The Morgan fingerprint density at radius 1 is 0.821 bits per heavy atom. The predicted molar refractivity (Wildman–Crippen MR) is 150 cm³/mol. The number of hydrogen-bond acceptors (Lipinski definition) is 6. The molecule has 3 rings (SSSR count). The summed E-state index contributed by atoms with van der Waals surface area (Å²) in [6, 6.07) is 27.7. The molecule has 2 N–H and O–H groups in total. The topological polar surface area (TPSA) is 111 Å². The Morgan fingerprint density at radius 2 is 1.33 bits per heavy atom. The van der Waals surface area contributed by atoms with Crippen molar-refractivity contribution in [3.05, 3.63) is 120 Å². The van der Waals surface area contributed by atoms with Crippen LogP contribution >= 0.6 is 0 Å². The predicted octanol–water partition coefficient (Wildman–Crippen LogP) is 5.02. The Bertz CT molecular complexity index is 1310. The van der Waals surface area contributed by atoms with Crippen LogP contribution in [0, 0.1) is 0 Å². The maximum Gasteiger partial charge on any atom is 0.422 e. The number of benzene rings is 3. The van der Waals surface area contributed by atoms with Crippen LogP contribution in [0.25, 0.3) is 0 Å². The van der Waals surface area contributed by atoms with Crippen LogP contribution in [-0.2, 0) is 36.5 Å². The number of esters is 1. The third-order valence-corrected chi connectivity index (χ3v) is 6.73. The van der Waals surface area contributed by atoms with Crippen LogP contribution in [0.3, 0.4) is 0 Å². The highest BCUT2D eigenvalue weighted by molar-refractivity contribution is 7.88. The number of rotatable bonds is 11. The average molecular weight is 551 g/mol. The van der Waals surface area contributed by atoms with Gasteiger partial charge in [-0.3, -0.25) is 0 Å². The fourth-order valence-electron chi connectivity index (χ4n) is 4.00. The normalized spacial score (nSPS) is 12.2. The Hall–Kier alpha value is -3.95. The second-order valence-electron chi connectivity index (χ2n) is 9.94. The van der Waals surface area contributed by atoms with Gasteiger partial charge in [0.25, 0.3) is 0 Å². The first kappa shape index (κ1) is 29.6. The van der Waals surface area contributed by atoms with Crippen LogP contribution in [0.15, 0.2) is 103 Å². The number of hydrogen-bond donors (Lipinski definition) is 2. The number of amides is 1. The Kier molecular flexibility index (Phi) is 10.0. The molecule has 0 spiro atoms. The third kappa shape index (κ3) is 9.38. The first-order valence-electron chi connectivity index (χ1n) is 12.5. The molecule has 3 aromatic rings. The van der Waals surface area contributed by atoms with Crippen molar-refractivity contribution in [3.63, 3.8) is 0 Å². The summed E-state index contributed by atoms with van der Waals surface area (Å²) in [5.74, 6) is -0.499. The van der Waals surface area contributed by atoms with Crippen molar-refractivity contribution in [3.8, 4) is 0 Å². The Balaban J connectivity index is 1.84. The van der Waals surface area contributed by atoms with Gasteiger partial charge in [-0.15, -0.1) is 0 Å². The molecule has 0 fully saturated rings. The first-order valence-corrected chi connectivity index (χ1v) is 14.0. The minimum absolute atomic E-state index is 0.0738. The van der Waals surface area contributed by atoms with Crippen LogP contribution in [-0.4, -0.2) is 32.6 Å². The minimum atomic E-state index is -4.29. The van der Waals surface area contributed by atoms with Gasteiger partial charge in [0.05, 0.1) is 0 Å². The lowest BCUT2D eigenvalue weighted by Gasteiger charge is -2.34.